The Balaban J connectivity index is 1.72. The molecule has 0 saturated heterocycles. The molecular formula is C16H26N2OS. The Morgan fingerprint density at radius 3 is 2.95 bits per heavy atom. The first kappa shape index (κ1) is 14.5. The molecule has 0 amide bonds. The molecule has 1 fully saturated rings. The van der Waals surface area contributed by atoms with Gasteiger partial charge in [0.05, 0.1) is 5.69 Å². The molecule has 2 aliphatic rings. The molecule has 1 heterocycles. The second-order valence-corrected chi connectivity index (χ2v) is 7.26. The van der Waals surface area contributed by atoms with E-state index in [-0.39, 0.29) is 6.10 Å². The van der Waals surface area contributed by atoms with Crippen molar-refractivity contribution in [1.82, 2.24) is 10.3 Å². The van der Waals surface area contributed by atoms with Crippen LogP contribution in [-0.2, 0) is 11.2 Å². The van der Waals surface area contributed by atoms with Crippen LogP contribution in [-0.4, -0.2) is 24.7 Å². The molecule has 1 saturated carbocycles. The van der Waals surface area contributed by atoms with E-state index >= 15 is 0 Å². The Kier molecular flexibility index (Phi) is 4.74. The molecule has 0 aliphatic heterocycles. The van der Waals surface area contributed by atoms with E-state index in [2.05, 4.69) is 12.2 Å². The van der Waals surface area contributed by atoms with Crippen molar-refractivity contribution in [2.75, 3.05) is 13.7 Å². The Labute approximate surface area is 126 Å². The van der Waals surface area contributed by atoms with E-state index in [1.165, 1.54) is 47.7 Å². The average Bonchev–Trinajstić information content (AvgIpc) is 3.19. The number of methoxy groups -OCH3 is 1. The normalized spacial score (nSPS) is 23.6. The predicted octanol–water partition coefficient (Wildman–Crippen LogP) is 3.80. The second kappa shape index (κ2) is 6.54. The topological polar surface area (TPSA) is 34.1 Å². The van der Waals surface area contributed by atoms with Crippen molar-refractivity contribution in [3.63, 3.8) is 0 Å². The molecule has 2 aliphatic carbocycles. The minimum absolute atomic E-state index is 0.202. The molecule has 0 radical (unpaired) electrons. The van der Waals surface area contributed by atoms with Crippen molar-refractivity contribution in [1.29, 1.82) is 0 Å². The Morgan fingerprint density at radius 2 is 2.25 bits per heavy atom. The SMILES string of the molecule is CCCC(OC)c1nc2c(s1)CCCC2CNC1CC1. The van der Waals surface area contributed by atoms with Crippen molar-refractivity contribution in [3.8, 4) is 0 Å². The van der Waals surface area contributed by atoms with Crippen molar-refractivity contribution in [3.05, 3.63) is 15.6 Å². The van der Waals surface area contributed by atoms with Crippen LogP contribution in [0.2, 0.25) is 0 Å². The number of nitrogens with zero attached hydrogens (tertiary/aromatic N) is 1. The van der Waals surface area contributed by atoms with Crippen molar-refractivity contribution >= 4 is 11.3 Å². The fourth-order valence-corrected chi connectivity index (χ4v) is 4.37. The number of aryl methyl sites for hydroxylation is 1. The summed E-state index contributed by atoms with van der Waals surface area (Å²) in [6, 6.07) is 0.797. The van der Waals surface area contributed by atoms with Gasteiger partial charge in [0.15, 0.2) is 0 Å². The Hall–Kier alpha value is -0.450. The Bertz CT molecular complexity index is 442. The predicted molar refractivity (Wildman–Crippen MR) is 83.5 cm³/mol. The van der Waals surface area contributed by atoms with Gasteiger partial charge in [-0.15, -0.1) is 11.3 Å². The molecule has 0 aromatic carbocycles. The monoisotopic (exact) mass is 294 g/mol. The third-order valence-corrected chi connectivity index (χ3v) is 5.65. The summed E-state index contributed by atoms with van der Waals surface area (Å²) in [4.78, 5) is 6.49. The quantitative estimate of drug-likeness (QED) is 0.830. The summed E-state index contributed by atoms with van der Waals surface area (Å²) in [5.74, 6) is 0.628. The molecule has 0 spiro atoms. The highest BCUT2D eigenvalue weighted by Crippen LogP contribution is 2.38. The molecular weight excluding hydrogens is 268 g/mol. The smallest absolute Gasteiger partial charge is 0.122 e. The van der Waals surface area contributed by atoms with Gasteiger partial charge >= 0.3 is 0 Å². The molecule has 4 heteroatoms. The zero-order chi connectivity index (χ0) is 13.9. The molecule has 1 N–H and O–H groups in total. The van der Waals surface area contributed by atoms with Crippen molar-refractivity contribution in [2.45, 2.75) is 69.9 Å². The van der Waals surface area contributed by atoms with Gasteiger partial charge in [-0.1, -0.05) is 13.3 Å². The summed E-state index contributed by atoms with van der Waals surface area (Å²) in [5, 5.41) is 4.88. The Morgan fingerprint density at radius 1 is 1.40 bits per heavy atom. The van der Waals surface area contributed by atoms with Crippen molar-refractivity contribution in [2.24, 2.45) is 0 Å². The van der Waals surface area contributed by atoms with E-state index in [0.29, 0.717) is 5.92 Å². The molecule has 20 heavy (non-hydrogen) atoms. The largest absolute Gasteiger partial charge is 0.374 e. The summed E-state index contributed by atoms with van der Waals surface area (Å²) in [5.41, 5.74) is 1.38. The van der Waals surface area contributed by atoms with Crippen LogP contribution in [0.4, 0.5) is 0 Å². The number of thiazole rings is 1. The number of hydrogen-bond acceptors (Lipinski definition) is 4. The second-order valence-electron chi connectivity index (χ2n) is 6.15. The van der Waals surface area contributed by atoms with E-state index < -0.39 is 0 Å². The van der Waals surface area contributed by atoms with Crippen LogP contribution in [0.15, 0.2) is 0 Å². The fraction of sp³-hybridized carbons (Fsp3) is 0.812. The number of fused-ring (bicyclic) bond motifs is 1. The first-order valence-corrected chi connectivity index (χ1v) is 8.89. The summed E-state index contributed by atoms with van der Waals surface area (Å²) >= 11 is 1.90. The van der Waals surface area contributed by atoms with E-state index in [9.17, 15) is 0 Å². The van der Waals surface area contributed by atoms with Gasteiger partial charge in [0.2, 0.25) is 0 Å². The van der Waals surface area contributed by atoms with Gasteiger partial charge in [0.1, 0.15) is 11.1 Å². The van der Waals surface area contributed by atoms with Crippen LogP contribution in [0.1, 0.15) is 73.0 Å². The highest BCUT2D eigenvalue weighted by Gasteiger charge is 2.29. The van der Waals surface area contributed by atoms with Crippen LogP contribution >= 0.6 is 11.3 Å². The third kappa shape index (κ3) is 3.23. The van der Waals surface area contributed by atoms with Gasteiger partial charge in [-0.25, -0.2) is 4.98 Å². The van der Waals surface area contributed by atoms with Crippen molar-refractivity contribution < 1.29 is 4.74 Å². The summed E-state index contributed by atoms with van der Waals surface area (Å²) < 4.78 is 5.63. The molecule has 2 atom stereocenters. The molecule has 1 aromatic rings. The first-order valence-electron chi connectivity index (χ1n) is 8.07. The maximum absolute atomic E-state index is 5.63. The number of aromatic nitrogens is 1. The first-order chi connectivity index (χ1) is 9.81. The lowest BCUT2D eigenvalue weighted by Crippen LogP contribution is -2.25. The highest BCUT2D eigenvalue weighted by atomic mass is 32.1. The van der Waals surface area contributed by atoms with Crippen LogP contribution in [0.5, 0.6) is 0 Å². The van der Waals surface area contributed by atoms with Gasteiger partial charge in [0.25, 0.3) is 0 Å². The molecule has 3 nitrogen and oxygen atoms in total. The summed E-state index contributed by atoms with van der Waals surface area (Å²) in [6.45, 7) is 3.33. The van der Waals surface area contributed by atoms with Crippen LogP contribution in [0, 0.1) is 0 Å². The zero-order valence-electron chi connectivity index (χ0n) is 12.7. The maximum Gasteiger partial charge on any atom is 0.122 e. The lowest BCUT2D eigenvalue weighted by molar-refractivity contribution is 0.0946. The summed E-state index contributed by atoms with van der Waals surface area (Å²) in [7, 11) is 1.81. The van der Waals surface area contributed by atoms with Crippen LogP contribution < -0.4 is 5.32 Å². The standard InChI is InChI=1S/C16H26N2OS/c1-3-5-13(19-2)16-18-15-11(10-17-12-8-9-12)6-4-7-14(15)20-16/h11-13,17H,3-10H2,1-2H3. The molecule has 112 valence electrons. The van der Waals surface area contributed by atoms with Gasteiger partial charge in [-0.05, 0) is 38.5 Å². The minimum Gasteiger partial charge on any atom is -0.374 e. The van der Waals surface area contributed by atoms with Gasteiger partial charge in [-0.2, -0.15) is 0 Å². The van der Waals surface area contributed by atoms with Gasteiger partial charge in [-0.3, -0.25) is 0 Å². The molecule has 3 rings (SSSR count). The lowest BCUT2D eigenvalue weighted by atomic mass is 9.91. The highest BCUT2D eigenvalue weighted by molar-refractivity contribution is 7.11. The lowest BCUT2D eigenvalue weighted by Gasteiger charge is -2.21. The number of hydrogen-bond donors (Lipinski definition) is 1. The molecule has 1 aromatic heterocycles. The summed E-state index contributed by atoms with van der Waals surface area (Å²) in [6.07, 6.45) is 8.98. The number of rotatable bonds is 7. The molecule has 0 bridgehead atoms. The number of ether oxygens (including phenoxy) is 1. The van der Waals surface area contributed by atoms with Crippen LogP contribution in [0.25, 0.3) is 0 Å². The van der Waals surface area contributed by atoms with Gasteiger partial charge < -0.3 is 10.1 Å². The van der Waals surface area contributed by atoms with Gasteiger partial charge in [0, 0.05) is 30.5 Å². The maximum atomic E-state index is 5.63. The van der Waals surface area contributed by atoms with E-state index in [4.69, 9.17) is 9.72 Å². The van der Waals surface area contributed by atoms with E-state index in [1.54, 1.807) is 0 Å². The van der Waals surface area contributed by atoms with E-state index in [0.717, 1.165) is 25.4 Å². The average molecular weight is 294 g/mol. The van der Waals surface area contributed by atoms with E-state index in [1.807, 2.05) is 18.4 Å². The molecule has 2 unspecified atom stereocenters. The number of nitrogens with one attached hydrogen (secondary N) is 1. The third-order valence-electron chi connectivity index (χ3n) is 4.43. The minimum atomic E-state index is 0.202. The van der Waals surface area contributed by atoms with Crippen LogP contribution in [0.3, 0.4) is 0 Å². The zero-order valence-corrected chi connectivity index (χ0v) is 13.5. The fourth-order valence-electron chi connectivity index (χ4n) is 3.06.